The van der Waals surface area contributed by atoms with Gasteiger partial charge in [0, 0.05) is 12.3 Å². The maximum atomic E-state index is 12.8. The Labute approximate surface area is 135 Å². The summed E-state index contributed by atoms with van der Waals surface area (Å²) in [6.45, 7) is 12.3. The third-order valence-corrected chi connectivity index (χ3v) is 6.97. The van der Waals surface area contributed by atoms with Crippen LogP contribution in [0.1, 0.15) is 60.8 Å². The van der Waals surface area contributed by atoms with Gasteiger partial charge in [0.25, 0.3) is 0 Å². The number of carbonyl (C=O) groups excluding carboxylic acids is 1. The van der Waals surface area contributed by atoms with Gasteiger partial charge in [0.2, 0.25) is 0 Å². The van der Waals surface area contributed by atoms with Gasteiger partial charge in [-0.15, -0.1) is 0 Å². The molecule has 2 unspecified atom stereocenters. The highest BCUT2D eigenvalue weighted by atomic mass is 31.2. The summed E-state index contributed by atoms with van der Waals surface area (Å²) in [7, 11) is -3.22. The van der Waals surface area contributed by atoms with E-state index in [0.717, 1.165) is 18.4 Å². The Morgan fingerprint density at radius 3 is 2.36 bits per heavy atom. The van der Waals surface area contributed by atoms with E-state index in [1.54, 1.807) is 20.8 Å². The van der Waals surface area contributed by atoms with Crippen LogP contribution < -0.4 is 0 Å². The minimum Gasteiger partial charge on any atom is -0.309 e. The Kier molecular flexibility index (Phi) is 7.04. The summed E-state index contributed by atoms with van der Waals surface area (Å²) in [5.41, 5.74) is 0.679. The fraction of sp³-hybridized carbons (Fsp3) is 0.824. The van der Waals surface area contributed by atoms with Gasteiger partial charge in [-0.05, 0) is 39.0 Å². The zero-order valence-corrected chi connectivity index (χ0v) is 15.7. The molecule has 0 bridgehead atoms. The van der Waals surface area contributed by atoms with Crippen LogP contribution in [0.5, 0.6) is 0 Å². The molecule has 0 fully saturated rings. The molecule has 1 aliphatic rings. The molecule has 128 valence electrons. The molecule has 4 nitrogen and oxygen atoms in total. The van der Waals surface area contributed by atoms with E-state index in [4.69, 9.17) is 9.05 Å². The maximum Gasteiger partial charge on any atom is 0.333 e. The number of carbonyl (C=O) groups is 1. The van der Waals surface area contributed by atoms with Crippen LogP contribution in [-0.2, 0) is 18.4 Å². The van der Waals surface area contributed by atoms with Gasteiger partial charge in [0.15, 0.2) is 0 Å². The monoisotopic (exact) mass is 330 g/mol. The summed E-state index contributed by atoms with van der Waals surface area (Å²) < 4.78 is 23.5. The summed E-state index contributed by atoms with van der Waals surface area (Å²) in [5, 5.41) is 0. The first-order valence-corrected chi connectivity index (χ1v) is 9.87. The van der Waals surface area contributed by atoms with Crippen LogP contribution >= 0.6 is 7.60 Å². The zero-order valence-electron chi connectivity index (χ0n) is 14.8. The quantitative estimate of drug-likeness (QED) is 0.465. The van der Waals surface area contributed by atoms with Crippen LogP contribution in [0.25, 0.3) is 0 Å². The van der Waals surface area contributed by atoms with Gasteiger partial charge in [0.05, 0.1) is 18.9 Å². The van der Waals surface area contributed by atoms with Gasteiger partial charge >= 0.3 is 7.60 Å². The normalized spacial score (nSPS) is 23.0. The molecule has 22 heavy (non-hydrogen) atoms. The Hall–Kier alpha value is -0.440. The largest absolute Gasteiger partial charge is 0.333 e. The molecular formula is C17H31O4P. The first-order chi connectivity index (χ1) is 10.2. The third-order valence-electron chi connectivity index (χ3n) is 4.47. The molecule has 1 rings (SSSR count). The predicted molar refractivity (Wildman–Crippen MR) is 90.2 cm³/mol. The number of rotatable bonds is 8. The highest BCUT2D eigenvalue weighted by molar-refractivity contribution is 7.54. The average molecular weight is 330 g/mol. The molecule has 0 aromatic carbocycles. The Morgan fingerprint density at radius 2 is 1.91 bits per heavy atom. The number of allylic oxidation sites excluding steroid dienone is 2. The van der Waals surface area contributed by atoms with E-state index in [1.165, 1.54) is 0 Å². The summed E-state index contributed by atoms with van der Waals surface area (Å²) in [6.07, 6.45) is 4.41. The van der Waals surface area contributed by atoms with E-state index < -0.39 is 13.3 Å². The Balaban J connectivity index is 2.88. The average Bonchev–Trinajstić information content (AvgIpc) is 2.37. The van der Waals surface area contributed by atoms with Gasteiger partial charge in [-0.1, -0.05) is 32.4 Å². The lowest BCUT2D eigenvalue weighted by Crippen LogP contribution is -2.35. The van der Waals surface area contributed by atoms with Crippen molar-refractivity contribution in [3.05, 3.63) is 11.6 Å². The summed E-state index contributed by atoms with van der Waals surface area (Å²) >= 11 is 0. The summed E-state index contributed by atoms with van der Waals surface area (Å²) in [4.78, 5) is 12.8. The molecule has 0 saturated carbocycles. The molecule has 0 amide bonds. The SMILES string of the molecule is CCOP(=O)(OCC)C(C)CC(=O)C1C(C)=CCCC1(C)C. The van der Waals surface area contributed by atoms with Crippen molar-refractivity contribution in [1.82, 2.24) is 0 Å². The molecule has 0 aromatic heterocycles. The summed E-state index contributed by atoms with van der Waals surface area (Å²) in [5.74, 6) is 0.0472. The van der Waals surface area contributed by atoms with Crippen molar-refractivity contribution in [3.63, 3.8) is 0 Å². The topological polar surface area (TPSA) is 52.6 Å². The lowest BCUT2D eigenvalue weighted by atomic mass is 9.66. The standard InChI is InChI=1S/C17H31O4P/c1-7-20-22(19,21-8-2)14(4)12-15(18)16-13(3)10-9-11-17(16,5)6/h10,14,16H,7-9,11-12H2,1-6H3. The second-order valence-corrected chi connectivity index (χ2v) is 9.28. The van der Waals surface area contributed by atoms with Crippen LogP contribution in [0, 0.1) is 11.3 Å². The molecule has 0 aromatic rings. The van der Waals surface area contributed by atoms with Crippen LogP contribution in [0.3, 0.4) is 0 Å². The smallest absolute Gasteiger partial charge is 0.309 e. The van der Waals surface area contributed by atoms with E-state index in [2.05, 4.69) is 19.9 Å². The van der Waals surface area contributed by atoms with Crippen molar-refractivity contribution in [1.29, 1.82) is 0 Å². The van der Waals surface area contributed by atoms with Gasteiger partial charge in [0.1, 0.15) is 5.78 Å². The molecule has 0 aliphatic heterocycles. The van der Waals surface area contributed by atoms with Crippen LogP contribution in [0.2, 0.25) is 0 Å². The Bertz CT molecular complexity index is 457. The van der Waals surface area contributed by atoms with Gasteiger partial charge in [-0.3, -0.25) is 9.36 Å². The first-order valence-electron chi connectivity index (χ1n) is 8.26. The first kappa shape index (κ1) is 19.6. The second-order valence-electron chi connectivity index (χ2n) is 6.80. The van der Waals surface area contributed by atoms with E-state index >= 15 is 0 Å². The number of hydrogen-bond donors (Lipinski definition) is 0. The zero-order chi connectivity index (χ0) is 17.0. The van der Waals surface area contributed by atoms with Crippen LogP contribution in [0.4, 0.5) is 0 Å². The molecular weight excluding hydrogens is 299 g/mol. The van der Waals surface area contributed by atoms with Gasteiger partial charge in [-0.25, -0.2) is 0 Å². The summed E-state index contributed by atoms with van der Waals surface area (Å²) in [6, 6.07) is 0. The fourth-order valence-corrected chi connectivity index (χ4v) is 5.12. The predicted octanol–water partition coefficient (Wildman–Crippen LogP) is 4.98. The van der Waals surface area contributed by atoms with Gasteiger partial charge in [-0.2, -0.15) is 0 Å². The van der Waals surface area contributed by atoms with Crippen molar-refractivity contribution >= 4 is 13.4 Å². The molecule has 0 heterocycles. The fourth-order valence-electron chi connectivity index (χ4n) is 3.41. The van der Waals surface area contributed by atoms with E-state index in [1.807, 2.05) is 6.92 Å². The third kappa shape index (κ3) is 4.53. The van der Waals surface area contributed by atoms with Crippen molar-refractivity contribution in [2.24, 2.45) is 11.3 Å². The van der Waals surface area contributed by atoms with E-state index in [-0.39, 0.29) is 23.5 Å². The van der Waals surface area contributed by atoms with Crippen molar-refractivity contribution < 1.29 is 18.4 Å². The van der Waals surface area contributed by atoms with Crippen LogP contribution in [0.15, 0.2) is 11.6 Å². The minimum absolute atomic E-state index is 0.0448. The van der Waals surface area contributed by atoms with Crippen LogP contribution in [-0.4, -0.2) is 24.7 Å². The highest BCUT2D eigenvalue weighted by Gasteiger charge is 2.41. The minimum atomic E-state index is -3.22. The van der Waals surface area contributed by atoms with Gasteiger partial charge < -0.3 is 9.05 Å². The number of ketones is 1. The number of Topliss-reactive ketones (excluding diaryl/α,β-unsaturated/α-hetero) is 1. The molecule has 0 spiro atoms. The highest BCUT2D eigenvalue weighted by Crippen LogP contribution is 2.55. The molecule has 1 aliphatic carbocycles. The lowest BCUT2D eigenvalue weighted by Gasteiger charge is -2.38. The van der Waals surface area contributed by atoms with Crippen molar-refractivity contribution in [2.75, 3.05) is 13.2 Å². The van der Waals surface area contributed by atoms with E-state index in [9.17, 15) is 9.36 Å². The number of hydrogen-bond acceptors (Lipinski definition) is 4. The van der Waals surface area contributed by atoms with E-state index in [0.29, 0.717) is 13.2 Å². The molecule has 2 atom stereocenters. The maximum absolute atomic E-state index is 12.8. The molecule has 0 radical (unpaired) electrons. The second kappa shape index (κ2) is 7.90. The van der Waals surface area contributed by atoms with Crippen molar-refractivity contribution in [3.8, 4) is 0 Å². The molecule has 0 saturated heterocycles. The lowest BCUT2D eigenvalue weighted by molar-refractivity contribution is -0.125. The molecule has 0 N–H and O–H groups in total. The van der Waals surface area contributed by atoms with Crippen molar-refractivity contribution in [2.45, 2.75) is 66.5 Å². The Morgan fingerprint density at radius 1 is 1.36 bits per heavy atom. The molecule has 5 heteroatoms.